The minimum Gasteiger partial charge on any atom is -0.480 e. The molecule has 0 aromatic rings. The molecule has 0 rings (SSSR count). The average Bonchev–Trinajstić information content (AvgIpc) is 2.00. The van der Waals surface area contributed by atoms with Crippen molar-refractivity contribution in [2.45, 2.75) is 22.1 Å². The van der Waals surface area contributed by atoms with Gasteiger partial charge < -0.3 is 16.6 Å². The summed E-state index contributed by atoms with van der Waals surface area (Å²) < 4.78 is -0.382. The highest BCUT2D eigenvalue weighted by molar-refractivity contribution is 9.25. The molecule has 4 nitrogen and oxygen atoms in total. The number of carboxylic acids is 1. The number of alkyl halides is 2. The van der Waals surface area contributed by atoms with Gasteiger partial charge in [0.15, 0.2) is 0 Å². The van der Waals surface area contributed by atoms with Crippen molar-refractivity contribution in [3.05, 3.63) is 0 Å². The Labute approximate surface area is 87.9 Å². The van der Waals surface area contributed by atoms with Gasteiger partial charge in [-0.05, 0) is 12.8 Å². The van der Waals surface area contributed by atoms with Crippen molar-refractivity contribution in [1.82, 2.24) is 0 Å². The topological polar surface area (TPSA) is 89.3 Å². The Bertz CT molecular complexity index is 164. The molecule has 72 valence electrons. The van der Waals surface area contributed by atoms with Crippen LogP contribution in [-0.4, -0.2) is 26.9 Å². The number of halogens is 2. The second kappa shape index (κ2) is 5.16. The molecule has 0 aliphatic carbocycles. The quantitative estimate of drug-likeness (QED) is 0.650. The summed E-state index contributed by atoms with van der Waals surface area (Å²) in [7, 11) is 0. The summed E-state index contributed by atoms with van der Waals surface area (Å²) in [6.07, 6.45) is 0.972. The van der Waals surface area contributed by atoms with Gasteiger partial charge in [0, 0.05) is 6.54 Å². The van der Waals surface area contributed by atoms with Crippen LogP contribution in [0.25, 0.3) is 0 Å². The van der Waals surface area contributed by atoms with Crippen molar-refractivity contribution in [2.24, 2.45) is 11.5 Å². The maximum atomic E-state index is 10.3. The molecule has 0 spiro atoms. The molecule has 0 unspecified atom stereocenters. The molecule has 0 radical (unpaired) electrons. The third kappa shape index (κ3) is 5.08. The van der Waals surface area contributed by atoms with Crippen LogP contribution in [0.4, 0.5) is 0 Å². The van der Waals surface area contributed by atoms with Crippen molar-refractivity contribution in [2.75, 3.05) is 6.54 Å². The lowest BCUT2D eigenvalue weighted by Crippen LogP contribution is -2.33. The van der Waals surface area contributed by atoms with Crippen molar-refractivity contribution < 1.29 is 9.90 Å². The SMILES string of the molecule is NCC(Br)(Br)CC[C@H](N)C(=O)O. The maximum absolute atomic E-state index is 10.3. The van der Waals surface area contributed by atoms with Crippen molar-refractivity contribution in [1.29, 1.82) is 0 Å². The van der Waals surface area contributed by atoms with E-state index in [-0.39, 0.29) is 3.23 Å². The highest BCUT2D eigenvalue weighted by Gasteiger charge is 2.23. The number of carbonyl (C=O) groups is 1. The van der Waals surface area contributed by atoms with Crippen molar-refractivity contribution in [3.63, 3.8) is 0 Å². The van der Waals surface area contributed by atoms with Crippen LogP contribution < -0.4 is 11.5 Å². The van der Waals surface area contributed by atoms with E-state index in [1.807, 2.05) is 0 Å². The molecule has 1 atom stereocenters. The van der Waals surface area contributed by atoms with E-state index in [1.165, 1.54) is 0 Å². The molecule has 5 N–H and O–H groups in total. The van der Waals surface area contributed by atoms with E-state index < -0.39 is 12.0 Å². The fourth-order valence-corrected chi connectivity index (χ4v) is 1.05. The second-order valence-electron chi connectivity index (χ2n) is 2.54. The molecule has 6 heteroatoms. The van der Waals surface area contributed by atoms with Crippen LogP contribution in [0.3, 0.4) is 0 Å². The fourth-order valence-electron chi connectivity index (χ4n) is 0.592. The Morgan fingerprint density at radius 1 is 1.58 bits per heavy atom. The normalized spacial score (nSPS) is 14.3. The van der Waals surface area contributed by atoms with Crippen LogP contribution in [0.2, 0.25) is 0 Å². The molecule has 0 aliphatic rings. The van der Waals surface area contributed by atoms with Crippen molar-refractivity contribution in [3.8, 4) is 0 Å². The zero-order valence-electron chi connectivity index (χ0n) is 6.46. The van der Waals surface area contributed by atoms with E-state index in [9.17, 15) is 4.79 Å². The standard InChI is InChI=1S/C6H12Br2N2O2/c7-6(8,3-9)2-1-4(10)5(11)12/h4H,1-3,9-10H2,(H,11,12)/t4-/m0/s1. The summed E-state index contributed by atoms with van der Waals surface area (Å²) in [4.78, 5) is 10.3. The van der Waals surface area contributed by atoms with E-state index in [0.29, 0.717) is 19.4 Å². The first kappa shape index (κ1) is 12.3. The number of rotatable bonds is 5. The molecular formula is C6H12Br2N2O2. The highest BCUT2D eigenvalue weighted by atomic mass is 79.9. The molecule has 0 aromatic carbocycles. The van der Waals surface area contributed by atoms with E-state index in [2.05, 4.69) is 31.9 Å². The average molecular weight is 304 g/mol. The molecule has 0 saturated heterocycles. The summed E-state index contributed by atoms with van der Waals surface area (Å²) in [5.74, 6) is -0.983. The zero-order chi connectivity index (χ0) is 9.78. The molecule has 0 aliphatic heterocycles. The Hall–Kier alpha value is 0.350. The predicted molar refractivity (Wildman–Crippen MR) is 54.5 cm³/mol. The van der Waals surface area contributed by atoms with Crippen LogP contribution in [0.5, 0.6) is 0 Å². The molecule has 0 heterocycles. The second-order valence-corrected chi connectivity index (χ2v) is 6.64. The lowest BCUT2D eigenvalue weighted by atomic mass is 10.1. The number of carboxylic acid groups (broad SMARTS) is 1. The Balaban J connectivity index is 3.75. The first-order valence-corrected chi connectivity index (χ1v) is 5.04. The van der Waals surface area contributed by atoms with Gasteiger partial charge in [-0.1, -0.05) is 31.9 Å². The Kier molecular flexibility index (Phi) is 5.31. The molecular weight excluding hydrogens is 292 g/mol. The molecule has 0 bridgehead atoms. The summed E-state index contributed by atoms with van der Waals surface area (Å²) in [6.45, 7) is 0.388. The number of hydrogen-bond acceptors (Lipinski definition) is 3. The van der Waals surface area contributed by atoms with Gasteiger partial charge in [-0.25, -0.2) is 0 Å². The van der Waals surface area contributed by atoms with Crippen LogP contribution in [0.15, 0.2) is 0 Å². The van der Waals surface area contributed by atoms with Gasteiger partial charge in [0.25, 0.3) is 0 Å². The van der Waals surface area contributed by atoms with Gasteiger partial charge in [0.05, 0.1) is 3.23 Å². The fraction of sp³-hybridized carbons (Fsp3) is 0.833. The van der Waals surface area contributed by atoms with Gasteiger partial charge >= 0.3 is 5.97 Å². The lowest BCUT2D eigenvalue weighted by Gasteiger charge is -2.18. The molecule has 12 heavy (non-hydrogen) atoms. The minimum absolute atomic E-state index is 0.382. The first-order chi connectivity index (χ1) is 5.39. The van der Waals surface area contributed by atoms with Crippen LogP contribution >= 0.6 is 31.9 Å². The van der Waals surface area contributed by atoms with Crippen LogP contribution in [0, 0.1) is 0 Å². The van der Waals surface area contributed by atoms with E-state index >= 15 is 0 Å². The summed E-state index contributed by atoms with van der Waals surface area (Å²) in [5.41, 5.74) is 10.7. The van der Waals surface area contributed by atoms with Gasteiger partial charge in [-0.15, -0.1) is 0 Å². The summed E-state index contributed by atoms with van der Waals surface area (Å²) in [6, 6.07) is -0.814. The molecule has 0 fully saturated rings. The minimum atomic E-state index is -0.983. The van der Waals surface area contributed by atoms with Crippen LogP contribution in [0.1, 0.15) is 12.8 Å². The van der Waals surface area contributed by atoms with Crippen molar-refractivity contribution >= 4 is 37.8 Å². The zero-order valence-corrected chi connectivity index (χ0v) is 9.64. The third-order valence-corrected chi connectivity index (χ3v) is 2.88. The predicted octanol–water partition coefficient (Wildman–Crippen LogP) is 0.623. The Morgan fingerprint density at radius 2 is 2.08 bits per heavy atom. The summed E-state index contributed by atoms with van der Waals surface area (Å²) >= 11 is 6.60. The van der Waals surface area contributed by atoms with E-state index in [4.69, 9.17) is 16.6 Å². The first-order valence-electron chi connectivity index (χ1n) is 3.45. The summed E-state index contributed by atoms with van der Waals surface area (Å²) in [5, 5.41) is 8.46. The monoisotopic (exact) mass is 302 g/mol. The Morgan fingerprint density at radius 3 is 2.42 bits per heavy atom. The van der Waals surface area contributed by atoms with Gasteiger partial charge in [-0.3, -0.25) is 4.79 Å². The van der Waals surface area contributed by atoms with Crippen LogP contribution in [-0.2, 0) is 4.79 Å². The smallest absolute Gasteiger partial charge is 0.320 e. The number of aliphatic carboxylic acids is 1. The number of hydrogen-bond donors (Lipinski definition) is 3. The molecule has 0 amide bonds. The van der Waals surface area contributed by atoms with Gasteiger partial charge in [-0.2, -0.15) is 0 Å². The van der Waals surface area contributed by atoms with E-state index in [0.717, 1.165) is 0 Å². The third-order valence-electron chi connectivity index (χ3n) is 1.44. The van der Waals surface area contributed by atoms with E-state index in [1.54, 1.807) is 0 Å². The van der Waals surface area contributed by atoms with Gasteiger partial charge in [0.2, 0.25) is 0 Å². The lowest BCUT2D eigenvalue weighted by molar-refractivity contribution is -0.138. The molecule has 0 aromatic heterocycles. The maximum Gasteiger partial charge on any atom is 0.320 e. The number of nitrogens with two attached hydrogens (primary N) is 2. The largest absolute Gasteiger partial charge is 0.480 e. The molecule has 0 saturated carbocycles. The highest BCUT2D eigenvalue weighted by Crippen LogP contribution is 2.30. The van der Waals surface area contributed by atoms with Gasteiger partial charge in [0.1, 0.15) is 6.04 Å².